The summed E-state index contributed by atoms with van der Waals surface area (Å²) >= 11 is 0. The fraction of sp³-hybridized carbons (Fsp3) is 0.458. The van der Waals surface area contributed by atoms with Crippen LogP contribution in [0.2, 0.25) is 0 Å². The summed E-state index contributed by atoms with van der Waals surface area (Å²) in [7, 11) is 0. The van der Waals surface area contributed by atoms with Crippen molar-refractivity contribution in [2.75, 3.05) is 18.0 Å². The third-order valence-electron chi connectivity index (χ3n) is 6.46. The summed E-state index contributed by atoms with van der Waals surface area (Å²) in [5.41, 5.74) is 0.329. The van der Waals surface area contributed by atoms with Gasteiger partial charge in [0.25, 0.3) is 0 Å². The number of aromatic nitrogens is 3. The molecule has 3 aromatic rings. The van der Waals surface area contributed by atoms with Gasteiger partial charge >= 0.3 is 12.1 Å². The molecule has 3 heterocycles. The first-order valence-corrected chi connectivity index (χ1v) is 11.1. The fourth-order valence-corrected chi connectivity index (χ4v) is 4.74. The van der Waals surface area contributed by atoms with Crippen molar-refractivity contribution in [2.45, 2.75) is 52.6 Å². The number of rotatable bonds is 4. The Labute approximate surface area is 194 Å². The summed E-state index contributed by atoms with van der Waals surface area (Å²) in [6.07, 6.45) is -3.55. The second kappa shape index (κ2) is 8.25. The van der Waals surface area contributed by atoms with Gasteiger partial charge in [0.1, 0.15) is 11.6 Å². The van der Waals surface area contributed by atoms with Gasteiger partial charge in [-0.05, 0) is 44.7 Å². The summed E-state index contributed by atoms with van der Waals surface area (Å²) in [4.78, 5) is 18.6. The van der Waals surface area contributed by atoms with Crippen LogP contribution >= 0.6 is 0 Å². The van der Waals surface area contributed by atoms with E-state index in [1.54, 1.807) is 17.5 Å². The van der Waals surface area contributed by atoms with Crippen molar-refractivity contribution in [1.82, 2.24) is 14.6 Å². The minimum absolute atomic E-state index is 0.0566. The molecule has 0 radical (unpaired) electrons. The summed E-state index contributed by atoms with van der Waals surface area (Å²) in [5.74, 6) is -1.47. The molecule has 2 aromatic heterocycles. The molecule has 1 N–H and O–H groups in total. The molecule has 1 aliphatic heterocycles. The first kappa shape index (κ1) is 24.0. The van der Waals surface area contributed by atoms with Crippen molar-refractivity contribution in [1.29, 1.82) is 0 Å². The fourth-order valence-electron chi connectivity index (χ4n) is 4.74. The number of nitrogens with zero attached hydrogens (tertiary/aromatic N) is 4. The van der Waals surface area contributed by atoms with E-state index in [0.29, 0.717) is 36.9 Å². The van der Waals surface area contributed by atoms with Crippen LogP contribution in [0.4, 0.5) is 23.4 Å². The van der Waals surface area contributed by atoms with Crippen LogP contribution in [-0.2, 0) is 11.0 Å². The Morgan fingerprint density at radius 1 is 1.24 bits per heavy atom. The van der Waals surface area contributed by atoms with Crippen LogP contribution in [0.25, 0.3) is 16.9 Å². The maximum atomic E-state index is 14.2. The molecule has 0 aliphatic carbocycles. The predicted molar refractivity (Wildman–Crippen MR) is 119 cm³/mol. The zero-order valence-corrected chi connectivity index (χ0v) is 19.4. The summed E-state index contributed by atoms with van der Waals surface area (Å²) < 4.78 is 54.7. The summed E-state index contributed by atoms with van der Waals surface area (Å²) in [6.45, 7) is 8.52. The second-order valence-corrected chi connectivity index (χ2v) is 9.47. The number of alkyl halides is 3. The molecule has 34 heavy (non-hydrogen) atoms. The molecule has 1 atom stereocenters. The van der Waals surface area contributed by atoms with Crippen molar-refractivity contribution in [3.8, 4) is 11.3 Å². The molecule has 182 valence electrons. The zero-order valence-electron chi connectivity index (χ0n) is 19.4. The molecule has 1 saturated heterocycles. The van der Waals surface area contributed by atoms with E-state index in [-0.39, 0.29) is 23.7 Å². The lowest BCUT2D eigenvalue weighted by atomic mass is 9.81. The van der Waals surface area contributed by atoms with E-state index < -0.39 is 28.9 Å². The molecule has 0 amide bonds. The van der Waals surface area contributed by atoms with E-state index in [4.69, 9.17) is 0 Å². The molecule has 0 bridgehead atoms. The standard InChI is InChI=1S/C24H26F4N4O2/c1-13(2)20-14(3)29-19-11-18(15-6-7-16(17(25)10-15)24(26,27)28)30-32(19)21(20)31-9-5-8-23(4,12-31)22(33)34/h6-7,10-11,13H,5,8-9,12H2,1-4H3,(H,33,34)/t23-/m1/s1. The average molecular weight is 478 g/mol. The molecule has 1 aliphatic rings. The van der Waals surface area contributed by atoms with Crippen LogP contribution in [0.3, 0.4) is 0 Å². The van der Waals surface area contributed by atoms with E-state index in [1.807, 2.05) is 25.7 Å². The molecule has 6 nitrogen and oxygen atoms in total. The number of halogens is 4. The molecular weight excluding hydrogens is 452 g/mol. The highest BCUT2D eigenvalue weighted by Crippen LogP contribution is 2.38. The highest BCUT2D eigenvalue weighted by atomic mass is 19.4. The minimum Gasteiger partial charge on any atom is -0.481 e. The normalized spacial score (nSPS) is 19.3. The number of hydrogen-bond acceptors (Lipinski definition) is 4. The van der Waals surface area contributed by atoms with E-state index in [2.05, 4.69) is 10.1 Å². The van der Waals surface area contributed by atoms with Gasteiger partial charge in [-0.15, -0.1) is 0 Å². The minimum atomic E-state index is -4.79. The Kier molecular flexibility index (Phi) is 5.81. The molecule has 10 heteroatoms. The number of hydrogen-bond donors (Lipinski definition) is 1. The molecule has 4 rings (SSSR count). The van der Waals surface area contributed by atoms with Crippen molar-refractivity contribution in [3.05, 3.63) is 46.9 Å². The van der Waals surface area contributed by atoms with Gasteiger partial charge in [0.15, 0.2) is 5.65 Å². The Morgan fingerprint density at radius 2 is 1.94 bits per heavy atom. The van der Waals surface area contributed by atoms with E-state index >= 15 is 0 Å². The topological polar surface area (TPSA) is 70.7 Å². The SMILES string of the molecule is Cc1nc2cc(-c3ccc(C(F)(F)F)c(F)c3)nn2c(N2CCC[C@@](C)(C(=O)O)C2)c1C(C)C. The van der Waals surface area contributed by atoms with Crippen LogP contribution < -0.4 is 4.90 Å². The number of carbonyl (C=O) groups is 1. The van der Waals surface area contributed by atoms with Gasteiger partial charge in [-0.2, -0.15) is 22.8 Å². The summed E-state index contributed by atoms with van der Waals surface area (Å²) in [5, 5.41) is 14.4. The highest BCUT2D eigenvalue weighted by molar-refractivity contribution is 5.76. The first-order chi connectivity index (χ1) is 15.8. The molecule has 1 fully saturated rings. The van der Waals surface area contributed by atoms with Gasteiger partial charge in [-0.1, -0.05) is 19.9 Å². The number of fused-ring (bicyclic) bond motifs is 1. The van der Waals surface area contributed by atoms with E-state index in [0.717, 1.165) is 17.3 Å². The third kappa shape index (κ3) is 4.10. The number of piperidine rings is 1. The lowest BCUT2D eigenvalue weighted by molar-refractivity contribution is -0.148. The zero-order chi connectivity index (χ0) is 25.0. The quantitative estimate of drug-likeness (QED) is 0.489. The monoisotopic (exact) mass is 478 g/mol. The van der Waals surface area contributed by atoms with Crippen LogP contribution in [0.15, 0.2) is 24.3 Å². The number of carboxylic acids is 1. The van der Waals surface area contributed by atoms with E-state index in [9.17, 15) is 27.5 Å². The van der Waals surface area contributed by atoms with Gasteiger partial charge in [0, 0.05) is 36.0 Å². The van der Waals surface area contributed by atoms with Crippen LogP contribution in [0, 0.1) is 18.2 Å². The smallest absolute Gasteiger partial charge is 0.419 e. The largest absolute Gasteiger partial charge is 0.481 e. The van der Waals surface area contributed by atoms with Gasteiger partial charge in [-0.25, -0.2) is 9.37 Å². The van der Waals surface area contributed by atoms with Crippen LogP contribution in [0.1, 0.15) is 56.4 Å². The van der Waals surface area contributed by atoms with Crippen molar-refractivity contribution in [3.63, 3.8) is 0 Å². The number of carboxylic acid groups (broad SMARTS) is 1. The number of aliphatic carboxylic acids is 1. The maximum Gasteiger partial charge on any atom is 0.419 e. The van der Waals surface area contributed by atoms with Crippen LogP contribution in [0.5, 0.6) is 0 Å². The van der Waals surface area contributed by atoms with Gasteiger partial charge < -0.3 is 10.0 Å². The van der Waals surface area contributed by atoms with Gasteiger partial charge in [0.05, 0.1) is 16.7 Å². The molecule has 1 aromatic carbocycles. The average Bonchev–Trinajstić information content (AvgIpc) is 3.15. The van der Waals surface area contributed by atoms with Crippen LogP contribution in [-0.4, -0.2) is 38.8 Å². The maximum absolute atomic E-state index is 14.2. The number of aryl methyl sites for hydroxylation is 1. The van der Waals surface area contributed by atoms with E-state index in [1.165, 1.54) is 6.07 Å². The van der Waals surface area contributed by atoms with Crippen molar-refractivity contribution < 1.29 is 27.5 Å². The Morgan fingerprint density at radius 3 is 2.53 bits per heavy atom. The predicted octanol–water partition coefficient (Wildman–Crippen LogP) is 5.68. The Hall–Kier alpha value is -3.17. The molecule has 0 spiro atoms. The van der Waals surface area contributed by atoms with Crippen molar-refractivity contribution in [2.24, 2.45) is 5.41 Å². The first-order valence-electron chi connectivity index (χ1n) is 11.1. The number of benzene rings is 1. The highest BCUT2D eigenvalue weighted by Gasteiger charge is 2.40. The van der Waals surface area contributed by atoms with Crippen molar-refractivity contribution >= 4 is 17.4 Å². The third-order valence-corrected chi connectivity index (χ3v) is 6.46. The molecule has 0 saturated carbocycles. The van der Waals surface area contributed by atoms with Gasteiger partial charge in [0.2, 0.25) is 0 Å². The molecule has 0 unspecified atom stereocenters. The Balaban J connectivity index is 1.88. The lowest BCUT2D eigenvalue weighted by Crippen LogP contribution is -2.47. The summed E-state index contributed by atoms with van der Waals surface area (Å²) in [6, 6.07) is 4.31. The lowest BCUT2D eigenvalue weighted by Gasteiger charge is -2.40. The van der Waals surface area contributed by atoms with Gasteiger partial charge in [-0.3, -0.25) is 4.79 Å². The molecular formula is C24H26F4N4O2. The Bertz CT molecular complexity index is 1270. The number of anilines is 1. The second-order valence-electron chi connectivity index (χ2n) is 9.47.